The van der Waals surface area contributed by atoms with Gasteiger partial charge in [0.25, 0.3) is 0 Å². The monoisotopic (exact) mass is 396 g/mol. The van der Waals surface area contributed by atoms with Gasteiger partial charge in [0.2, 0.25) is 0 Å². The molecule has 0 aliphatic heterocycles. The zero-order valence-corrected chi connectivity index (χ0v) is 18.2. The fourth-order valence-electron chi connectivity index (χ4n) is 7.81. The van der Waals surface area contributed by atoms with Crippen molar-refractivity contribution in [2.75, 3.05) is 0 Å². The first-order valence-corrected chi connectivity index (χ1v) is 11.7. The van der Waals surface area contributed by atoms with E-state index in [-0.39, 0.29) is 11.3 Å². The SMILES string of the molecule is C[C@H]1C[C@H]2C(=CC[C@@H]3[C@@H]2CC[C@]2(C)[C@@H](C(=O)Cn4cccn4)CC[C@@H]32)C[C@]1(C)O. The number of carbonyl (C=O) groups excluding carboxylic acids is 1. The molecule has 0 saturated heterocycles. The largest absolute Gasteiger partial charge is 0.390 e. The summed E-state index contributed by atoms with van der Waals surface area (Å²) in [6.07, 6.45) is 14.0. The third-order valence-corrected chi connectivity index (χ3v) is 9.63. The molecular weight excluding hydrogens is 360 g/mol. The second-order valence-electron chi connectivity index (χ2n) is 11.1. The molecule has 1 N–H and O–H groups in total. The number of carbonyl (C=O) groups is 1. The van der Waals surface area contributed by atoms with E-state index in [1.807, 2.05) is 19.2 Å². The second kappa shape index (κ2) is 6.80. The van der Waals surface area contributed by atoms with Crippen LogP contribution in [0.2, 0.25) is 0 Å². The lowest BCUT2D eigenvalue weighted by Gasteiger charge is -2.55. The maximum Gasteiger partial charge on any atom is 0.157 e. The molecule has 1 aromatic rings. The van der Waals surface area contributed by atoms with Crippen LogP contribution in [0.4, 0.5) is 0 Å². The number of aliphatic hydroxyl groups is 1. The van der Waals surface area contributed by atoms with Crippen molar-refractivity contribution in [3.8, 4) is 0 Å². The second-order valence-corrected chi connectivity index (χ2v) is 11.1. The minimum Gasteiger partial charge on any atom is -0.390 e. The number of allylic oxidation sites excluding steroid dienone is 1. The van der Waals surface area contributed by atoms with Crippen molar-refractivity contribution in [1.29, 1.82) is 0 Å². The van der Waals surface area contributed by atoms with Gasteiger partial charge in [0.15, 0.2) is 5.78 Å². The van der Waals surface area contributed by atoms with Crippen LogP contribution < -0.4 is 0 Å². The third-order valence-electron chi connectivity index (χ3n) is 9.63. The van der Waals surface area contributed by atoms with Crippen molar-refractivity contribution in [1.82, 2.24) is 9.78 Å². The standard InChI is InChI=1S/C25H36N2O2/c1-16-13-20-17(14-25(16,3)29)5-6-19-18(20)9-10-24(2)21(19)7-8-22(24)23(28)15-27-12-4-11-26-27/h4-5,11-12,16,18-22,29H,6-10,13-15H2,1-3H3/t16-,18-,19+,20-,21-,22+,24-,25-/m0/s1. The van der Waals surface area contributed by atoms with Crippen molar-refractivity contribution in [3.05, 3.63) is 30.1 Å². The summed E-state index contributed by atoms with van der Waals surface area (Å²) in [5, 5.41) is 15.0. The Bertz CT molecular complexity index is 811. The molecule has 158 valence electrons. The van der Waals surface area contributed by atoms with Gasteiger partial charge < -0.3 is 5.11 Å². The highest BCUT2D eigenvalue weighted by Gasteiger charge is 2.58. The number of Topliss-reactive ketones (excluding diaryl/α,β-unsaturated/α-hetero) is 1. The fourth-order valence-corrected chi connectivity index (χ4v) is 7.81. The van der Waals surface area contributed by atoms with E-state index in [1.54, 1.807) is 10.9 Å². The van der Waals surface area contributed by atoms with E-state index in [0.29, 0.717) is 30.1 Å². The van der Waals surface area contributed by atoms with Crippen LogP contribution in [0.15, 0.2) is 30.1 Å². The lowest BCUT2D eigenvalue weighted by atomic mass is 9.50. The van der Waals surface area contributed by atoms with Crippen LogP contribution in [-0.2, 0) is 11.3 Å². The van der Waals surface area contributed by atoms with E-state index in [1.165, 1.54) is 24.8 Å². The Labute approximate surface area is 174 Å². The Morgan fingerprint density at radius 3 is 2.86 bits per heavy atom. The molecule has 1 aromatic heterocycles. The topological polar surface area (TPSA) is 55.1 Å². The van der Waals surface area contributed by atoms with Crippen LogP contribution >= 0.6 is 0 Å². The van der Waals surface area contributed by atoms with Crippen molar-refractivity contribution < 1.29 is 9.90 Å². The molecule has 3 fully saturated rings. The Hall–Kier alpha value is -1.42. The minimum absolute atomic E-state index is 0.155. The Balaban J connectivity index is 1.36. The van der Waals surface area contributed by atoms with Gasteiger partial charge in [-0.05, 0) is 92.9 Å². The quantitative estimate of drug-likeness (QED) is 0.758. The van der Waals surface area contributed by atoms with Gasteiger partial charge in [-0.3, -0.25) is 9.48 Å². The molecule has 29 heavy (non-hydrogen) atoms. The number of hydrogen-bond acceptors (Lipinski definition) is 3. The number of nitrogens with zero attached hydrogens (tertiary/aromatic N) is 2. The van der Waals surface area contributed by atoms with E-state index in [9.17, 15) is 9.90 Å². The summed E-state index contributed by atoms with van der Waals surface area (Å²) < 4.78 is 1.79. The summed E-state index contributed by atoms with van der Waals surface area (Å²) in [7, 11) is 0. The van der Waals surface area contributed by atoms with Gasteiger partial charge in [0.1, 0.15) is 0 Å². The van der Waals surface area contributed by atoms with Crippen LogP contribution in [0.25, 0.3) is 0 Å². The van der Waals surface area contributed by atoms with E-state index >= 15 is 0 Å². The first-order valence-electron chi connectivity index (χ1n) is 11.7. The summed E-state index contributed by atoms with van der Waals surface area (Å²) >= 11 is 0. The molecule has 0 amide bonds. The highest BCUT2D eigenvalue weighted by atomic mass is 16.3. The van der Waals surface area contributed by atoms with Gasteiger partial charge >= 0.3 is 0 Å². The van der Waals surface area contributed by atoms with Crippen molar-refractivity contribution in [3.63, 3.8) is 0 Å². The van der Waals surface area contributed by atoms with Gasteiger partial charge in [-0.15, -0.1) is 0 Å². The number of ketones is 1. The van der Waals surface area contributed by atoms with Crippen LogP contribution in [0, 0.1) is 40.9 Å². The van der Waals surface area contributed by atoms with E-state index in [4.69, 9.17) is 0 Å². The Morgan fingerprint density at radius 1 is 1.28 bits per heavy atom. The molecule has 3 saturated carbocycles. The lowest BCUT2D eigenvalue weighted by Crippen LogP contribution is -2.50. The lowest BCUT2D eigenvalue weighted by molar-refractivity contribution is -0.130. The molecule has 0 unspecified atom stereocenters. The van der Waals surface area contributed by atoms with Crippen molar-refractivity contribution in [2.24, 2.45) is 40.9 Å². The van der Waals surface area contributed by atoms with Gasteiger partial charge in [0.05, 0.1) is 12.1 Å². The Morgan fingerprint density at radius 2 is 2.10 bits per heavy atom. The molecule has 0 bridgehead atoms. The highest BCUT2D eigenvalue weighted by molar-refractivity contribution is 5.82. The predicted octanol–water partition coefficient (Wildman–Crippen LogP) is 4.64. The maximum absolute atomic E-state index is 13.2. The highest BCUT2D eigenvalue weighted by Crippen LogP contribution is 2.64. The Kier molecular flexibility index (Phi) is 4.58. The number of aromatic nitrogens is 2. The molecular formula is C25H36N2O2. The predicted molar refractivity (Wildman–Crippen MR) is 113 cm³/mol. The van der Waals surface area contributed by atoms with Gasteiger partial charge in [-0.2, -0.15) is 5.10 Å². The molecule has 0 spiro atoms. The summed E-state index contributed by atoms with van der Waals surface area (Å²) in [4.78, 5) is 13.2. The molecule has 0 radical (unpaired) electrons. The summed E-state index contributed by atoms with van der Waals surface area (Å²) in [5.41, 5.74) is 1.14. The first-order chi connectivity index (χ1) is 13.8. The van der Waals surface area contributed by atoms with Crippen LogP contribution in [0.3, 0.4) is 0 Å². The molecule has 8 atom stereocenters. The summed E-state index contributed by atoms with van der Waals surface area (Å²) in [6.45, 7) is 7.09. The van der Waals surface area contributed by atoms with Gasteiger partial charge in [-0.25, -0.2) is 0 Å². The average molecular weight is 397 g/mol. The number of hydrogen-bond donors (Lipinski definition) is 1. The van der Waals surface area contributed by atoms with Gasteiger partial charge in [-0.1, -0.05) is 25.5 Å². The first kappa shape index (κ1) is 19.5. The van der Waals surface area contributed by atoms with E-state index in [0.717, 1.165) is 37.5 Å². The van der Waals surface area contributed by atoms with Crippen LogP contribution in [0.1, 0.15) is 65.7 Å². The molecule has 4 nitrogen and oxygen atoms in total. The summed E-state index contributed by atoms with van der Waals surface area (Å²) in [5.74, 6) is 3.74. The van der Waals surface area contributed by atoms with Crippen LogP contribution in [0.5, 0.6) is 0 Å². The molecule has 4 aliphatic rings. The van der Waals surface area contributed by atoms with Crippen LogP contribution in [-0.4, -0.2) is 26.3 Å². The average Bonchev–Trinajstić information content (AvgIpc) is 3.29. The zero-order valence-electron chi connectivity index (χ0n) is 18.2. The maximum atomic E-state index is 13.2. The number of rotatable bonds is 3. The smallest absolute Gasteiger partial charge is 0.157 e. The number of fused-ring (bicyclic) bond motifs is 5. The van der Waals surface area contributed by atoms with E-state index in [2.05, 4.69) is 25.0 Å². The summed E-state index contributed by atoms with van der Waals surface area (Å²) in [6, 6.07) is 1.89. The van der Waals surface area contributed by atoms with Crippen molar-refractivity contribution >= 4 is 5.78 Å². The zero-order chi connectivity index (χ0) is 20.4. The molecule has 5 rings (SSSR count). The molecule has 0 aromatic carbocycles. The third kappa shape index (κ3) is 3.05. The van der Waals surface area contributed by atoms with Crippen molar-refractivity contribution in [2.45, 2.75) is 77.9 Å². The molecule has 4 aliphatic carbocycles. The van der Waals surface area contributed by atoms with E-state index < -0.39 is 5.60 Å². The molecule has 1 heterocycles. The van der Waals surface area contributed by atoms with Gasteiger partial charge in [0, 0.05) is 18.3 Å². The fraction of sp³-hybridized carbons (Fsp3) is 0.760. The minimum atomic E-state index is -0.546. The normalized spacial score (nSPS) is 46.4. The molecule has 4 heteroatoms.